The van der Waals surface area contributed by atoms with Crippen LogP contribution in [-0.4, -0.2) is 45.2 Å². The Kier molecular flexibility index (Phi) is 7.62. The van der Waals surface area contributed by atoms with Gasteiger partial charge in [-0.05, 0) is 42.8 Å². The predicted octanol–water partition coefficient (Wildman–Crippen LogP) is 2.01. The van der Waals surface area contributed by atoms with Crippen molar-refractivity contribution in [3.8, 4) is 11.6 Å². The molecule has 1 aromatic heterocycles. The number of aromatic nitrogens is 1. The van der Waals surface area contributed by atoms with E-state index in [1.165, 1.54) is 56.6 Å². The van der Waals surface area contributed by atoms with Crippen LogP contribution in [0.1, 0.15) is 12.5 Å². The van der Waals surface area contributed by atoms with Gasteiger partial charge >= 0.3 is 6.18 Å². The molecule has 0 aliphatic rings. The van der Waals surface area contributed by atoms with E-state index in [4.69, 9.17) is 4.74 Å². The molecule has 164 valence electrons. The van der Waals surface area contributed by atoms with Gasteiger partial charge in [0.2, 0.25) is 21.8 Å². The quantitative estimate of drug-likeness (QED) is 0.609. The number of nitrogens with zero attached hydrogens (tertiary/aromatic N) is 1. The Labute approximate surface area is 171 Å². The summed E-state index contributed by atoms with van der Waals surface area (Å²) in [5, 5.41) is 2.50. The maximum atomic E-state index is 12.4. The summed E-state index contributed by atoms with van der Waals surface area (Å²) in [4.78, 5) is 15.8. The van der Waals surface area contributed by atoms with Crippen molar-refractivity contribution < 1.29 is 35.9 Å². The summed E-state index contributed by atoms with van der Waals surface area (Å²) >= 11 is 0. The van der Waals surface area contributed by atoms with Gasteiger partial charge in [-0.1, -0.05) is 0 Å². The lowest BCUT2D eigenvalue weighted by molar-refractivity contribution is -0.154. The Hall–Kier alpha value is -2.86. The number of sulfonamides is 1. The van der Waals surface area contributed by atoms with Crippen molar-refractivity contribution in [2.24, 2.45) is 0 Å². The number of rotatable bonds is 9. The van der Waals surface area contributed by atoms with Gasteiger partial charge < -0.3 is 14.8 Å². The molecule has 1 aromatic carbocycles. The number of nitrogens with one attached hydrogen (secondary N) is 2. The number of ether oxygens (including phenoxy) is 2. The molecule has 0 aliphatic carbocycles. The van der Waals surface area contributed by atoms with Gasteiger partial charge in [0.1, 0.15) is 5.75 Å². The van der Waals surface area contributed by atoms with Gasteiger partial charge in [-0.15, -0.1) is 0 Å². The molecule has 0 radical (unpaired) electrons. The molecule has 0 saturated heterocycles. The molecule has 2 rings (SSSR count). The van der Waals surface area contributed by atoms with Crippen molar-refractivity contribution in [1.29, 1.82) is 0 Å². The lowest BCUT2D eigenvalue weighted by atomic mass is 10.2. The highest BCUT2D eigenvalue weighted by Crippen LogP contribution is 2.18. The third-order valence-corrected chi connectivity index (χ3v) is 5.30. The van der Waals surface area contributed by atoms with Crippen LogP contribution < -0.4 is 19.5 Å². The van der Waals surface area contributed by atoms with Crippen molar-refractivity contribution >= 4 is 15.9 Å². The second-order valence-corrected chi connectivity index (χ2v) is 7.86. The van der Waals surface area contributed by atoms with Gasteiger partial charge in [0.15, 0.2) is 6.61 Å². The minimum atomic E-state index is -4.50. The van der Waals surface area contributed by atoms with Gasteiger partial charge in [-0.25, -0.2) is 13.4 Å². The maximum absolute atomic E-state index is 12.4. The van der Waals surface area contributed by atoms with Crippen LogP contribution in [0.25, 0.3) is 0 Å². The highest BCUT2D eigenvalue weighted by molar-refractivity contribution is 7.89. The molecule has 1 amide bonds. The minimum Gasteiger partial charge on any atom is -0.497 e. The lowest BCUT2D eigenvalue weighted by Gasteiger charge is -2.15. The Balaban J connectivity index is 1.92. The molecule has 0 spiro atoms. The molecule has 2 aromatic rings. The number of carbonyl (C=O) groups excluding carboxylic acids is 1. The zero-order valence-electron chi connectivity index (χ0n) is 16.1. The van der Waals surface area contributed by atoms with E-state index in [2.05, 4.69) is 19.8 Å². The highest BCUT2D eigenvalue weighted by atomic mass is 32.2. The van der Waals surface area contributed by atoms with Gasteiger partial charge in [0.05, 0.1) is 18.0 Å². The minimum absolute atomic E-state index is 0.0384. The van der Waals surface area contributed by atoms with Crippen molar-refractivity contribution in [3.63, 3.8) is 0 Å². The van der Waals surface area contributed by atoms with Crippen LogP contribution in [0.5, 0.6) is 11.6 Å². The summed E-state index contributed by atoms with van der Waals surface area (Å²) in [6, 6.07) is 7.25. The van der Waals surface area contributed by atoms with E-state index in [-0.39, 0.29) is 17.3 Å². The predicted molar refractivity (Wildman–Crippen MR) is 100 cm³/mol. The molecule has 0 unspecified atom stereocenters. The number of amides is 1. The molecular weight excluding hydrogens is 427 g/mol. The summed E-state index contributed by atoms with van der Waals surface area (Å²) in [5.74, 6) is -0.385. The van der Waals surface area contributed by atoms with E-state index in [0.717, 1.165) is 0 Å². The fourth-order valence-electron chi connectivity index (χ4n) is 2.25. The van der Waals surface area contributed by atoms with Crippen LogP contribution in [0.4, 0.5) is 13.2 Å². The Bertz CT molecular complexity index is 966. The maximum Gasteiger partial charge on any atom is 0.422 e. The van der Waals surface area contributed by atoms with Crippen molar-refractivity contribution in [3.05, 3.63) is 48.2 Å². The van der Waals surface area contributed by atoms with E-state index in [1.54, 1.807) is 0 Å². The van der Waals surface area contributed by atoms with E-state index in [9.17, 15) is 26.4 Å². The molecule has 0 fully saturated rings. The number of pyridine rings is 1. The van der Waals surface area contributed by atoms with Crippen LogP contribution in [0.3, 0.4) is 0 Å². The highest BCUT2D eigenvalue weighted by Gasteiger charge is 2.28. The third-order valence-electron chi connectivity index (χ3n) is 3.74. The van der Waals surface area contributed by atoms with Gasteiger partial charge in [0, 0.05) is 18.8 Å². The first-order chi connectivity index (χ1) is 14.0. The summed E-state index contributed by atoms with van der Waals surface area (Å²) in [6.07, 6.45) is -3.26. The second kappa shape index (κ2) is 9.76. The SMILES string of the molecule is COc1ccc(S(=O)(=O)N[C@@H](C)C(=O)NCc2ccnc(OCC(F)(F)F)c2)cc1. The molecular formula is C18H20F3N3O5S. The fraction of sp³-hybridized carbons (Fsp3) is 0.333. The molecule has 1 heterocycles. The Morgan fingerprint density at radius 3 is 2.47 bits per heavy atom. The topological polar surface area (TPSA) is 107 Å². The number of carbonyl (C=O) groups is 1. The second-order valence-electron chi connectivity index (χ2n) is 6.14. The number of hydrogen-bond acceptors (Lipinski definition) is 6. The van der Waals surface area contributed by atoms with E-state index >= 15 is 0 Å². The summed E-state index contributed by atoms with van der Waals surface area (Å²) in [7, 11) is -2.50. The smallest absolute Gasteiger partial charge is 0.422 e. The molecule has 0 bridgehead atoms. The zero-order chi connectivity index (χ0) is 22.4. The van der Waals surface area contributed by atoms with E-state index in [0.29, 0.717) is 11.3 Å². The average Bonchev–Trinajstić information content (AvgIpc) is 2.70. The van der Waals surface area contributed by atoms with Crippen molar-refractivity contribution in [2.45, 2.75) is 30.6 Å². The first-order valence-electron chi connectivity index (χ1n) is 8.59. The third kappa shape index (κ3) is 7.19. The number of halogens is 3. The molecule has 1 atom stereocenters. The van der Waals surface area contributed by atoms with Crippen molar-refractivity contribution in [2.75, 3.05) is 13.7 Å². The first kappa shape index (κ1) is 23.4. The molecule has 12 heteroatoms. The lowest BCUT2D eigenvalue weighted by Crippen LogP contribution is -2.44. The summed E-state index contributed by atoms with van der Waals surface area (Å²) in [5.41, 5.74) is 0.431. The molecule has 2 N–H and O–H groups in total. The monoisotopic (exact) mass is 447 g/mol. The standard InChI is InChI=1S/C18H20F3N3O5S/c1-12(24-30(26,27)15-5-3-14(28-2)4-6-15)17(25)23-10-13-7-8-22-16(9-13)29-11-18(19,20)21/h3-9,12,24H,10-11H2,1-2H3,(H,23,25)/t12-/m0/s1. The normalized spacial score (nSPS) is 12.8. The number of hydrogen-bond donors (Lipinski definition) is 2. The van der Waals surface area contributed by atoms with Gasteiger partial charge in [-0.3, -0.25) is 4.79 Å². The van der Waals surface area contributed by atoms with Gasteiger partial charge in [-0.2, -0.15) is 17.9 Å². The zero-order valence-corrected chi connectivity index (χ0v) is 16.9. The Morgan fingerprint density at radius 1 is 1.20 bits per heavy atom. The molecule has 0 saturated carbocycles. The number of benzene rings is 1. The first-order valence-corrected chi connectivity index (χ1v) is 10.1. The number of methoxy groups -OCH3 is 1. The number of alkyl halides is 3. The summed E-state index contributed by atoms with van der Waals surface area (Å²) in [6.45, 7) is -0.181. The molecule has 8 nitrogen and oxygen atoms in total. The van der Waals surface area contributed by atoms with Crippen LogP contribution in [0.15, 0.2) is 47.5 Å². The average molecular weight is 447 g/mol. The van der Waals surface area contributed by atoms with E-state index in [1.807, 2.05) is 0 Å². The van der Waals surface area contributed by atoms with Crippen molar-refractivity contribution in [1.82, 2.24) is 15.0 Å². The summed E-state index contributed by atoms with van der Waals surface area (Å²) < 4.78 is 73.1. The van der Waals surface area contributed by atoms with Crippen LogP contribution in [0.2, 0.25) is 0 Å². The van der Waals surface area contributed by atoms with Crippen LogP contribution in [0, 0.1) is 0 Å². The molecule has 0 aliphatic heterocycles. The fourth-order valence-corrected chi connectivity index (χ4v) is 3.45. The Morgan fingerprint density at radius 2 is 1.87 bits per heavy atom. The van der Waals surface area contributed by atoms with Crippen LogP contribution >= 0.6 is 0 Å². The largest absolute Gasteiger partial charge is 0.497 e. The van der Waals surface area contributed by atoms with Crippen LogP contribution in [-0.2, 0) is 21.4 Å². The molecule has 30 heavy (non-hydrogen) atoms. The van der Waals surface area contributed by atoms with E-state index < -0.39 is 34.8 Å². The van der Waals surface area contributed by atoms with Gasteiger partial charge in [0.25, 0.3) is 0 Å².